The first-order valence-corrected chi connectivity index (χ1v) is 9.37. The van der Waals surface area contributed by atoms with E-state index in [2.05, 4.69) is 16.6 Å². The number of fused-ring (bicyclic) bond motifs is 1. The lowest BCUT2D eigenvalue weighted by atomic mass is 9.67. The van der Waals surface area contributed by atoms with Gasteiger partial charge in [0.2, 0.25) is 0 Å². The predicted molar refractivity (Wildman–Crippen MR) is 99.8 cm³/mol. The summed E-state index contributed by atoms with van der Waals surface area (Å²) >= 11 is 0. The Kier molecular flexibility index (Phi) is 4.45. The molecular formula is C21H26FN3O. The summed E-state index contributed by atoms with van der Waals surface area (Å²) in [4.78, 5) is 2.41. The van der Waals surface area contributed by atoms with Crippen molar-refractivity contribution in [2.75, 3.05) is 13.1 Å². The molecule has 1 saturated heterocycles. The molecule has 26 heavy (non-hydrogen) atoms. The van der Waals surface area contributed by atoms with Gasteiger partial charge in [0.15, 0.2) is 0 Å². The molecule has 3 atom stereocenters. The van der Waals surface area contributed by atoms with E-state index in [4.69, 9.17) is 0 Å². The molecule has 2 heterocycles. The Morgan fingerprint density at radius 3 is 3.00 bits per heavy atom. The highest BCUT2D eigenvalue weighted by Crippen LogP contribution is 2.48. The summed E-state index contributed by atoms with van der Waals surface area (Å²) in [7, 11) is 0. The van der Waals surface area contributed by atoms with Crippen molar-refractivity contribution in [1.82, 2.24) is 14.7 Å². The van der Waals surface area contributed by atoms with Crippen LogP contribution in [0.25, 0.3) is 6.20 Å². The van der Waals surface area contributed by atoms with E-state index in [-0.39, 0.29) is 11.7 Å². The highest BCUT2D eigenvalue weighted by Gasteiger charge is 2.49. The molecule has 0 amide bonds. The fourth-order valence-corrected chi connectivity index (χ4v) is 4.87. The molecule has 1 aliphatic carbocycles. The summed E-state index contributed by atoms with van der Waals surface area (Å²) in [6, 6.07) is 6.51. The SMILES string of the molecule is C=Cn1cc(CN2CC3CCCC(O)(c4cccc(F)c4)C3C2)c(C)n1. The van der Waals surface area contributed by atoms with Gasteiger partial charge in [-0.2, -0.15) is 5.10 Å². The first-order chi connectivity index (χ1) is 12.5. The highest BCUT2D eigenvalue weighted by atomic mass is 19.1. The minimum atomic E-state index is -0.930. The van der Waals surface area contributed by atoms with Crippen molar-refractivity contribution in [3.63, 3.8) is 0 Å². The zero-order valence-corrected chi connectivity index (χ0v) is 15.2. The lowest BCUT2D eigenvalue weighted by Gasteiger charge is -2.41. The van der Waals surface area contributed by atoms with Crippen LogP contribution in [0.4, 0.5) is 4.39 Å². The molecule has 0 radical (unpaired) electrons. The Labute approximate surface area is 153 Å². The third kappa shape index (κ3) is 2.99. The summed E-state index contributed by atoms with van der Waals surface area (Å²) < 4.78 is 15.5. The van der Waals surface area contributed by atoms with E-state index in [9.17, 15) is 9.50 Å². The molecule has 4 nitrogen and oxygen atoms in total. The molecule has 1 aromatic heterocycles. The third-order valence-electron chi connectivity index (χ3n) is 6.19. The van der Waals surface area contributed by atoms with Gasteiger partial charge in [0.1, 0.15) is 5.82 Å². The smallest absolute Gasteiger partial charge is 0.123 e. The summed E-state index contributed by atoms with van der Waals surface area (Å²) in [5.41, 5.74) is 2.00. The van der Waals surface area contributed by atoms with Gasteiger partial charge in [-0.3, -0.25) is 4.90 Å². The Balaban J connectivity index is 1.56. The van der Waals surface area contributed by atoms with Gasteiger partial charge in [-0.1, -0.05) is 18.7 Å². The molecule has 0 spiro atoms. The van der Waals surface area contributed by atoms with Crippen LogP contribution in [0.5, 0.6) is 0 Å². The van der Waals surface area contributed by atoms with Crippen LogP contribution in [0.2, 0.25) is 0 Å². The van der Waals surface area contributed by atoms with Crippen molar-refractivity contribution in [3.05, 3.63) is 59.7 Å². The van der Waals surface area contributed by atoms with Crippen molar-refractivity contribution >= 4 is 6.20 Å². The molecule has 1 aromatic carbocycles. The lowest BCUT2D eigenvalue weighted by Crippen LogP contribution is -2.42. The van der Waals surface area contributed by atoms with Gasteiger partial charge < -0.3 is 5.11 Å². The molecule has 2 aliphatic rings. The second-order valence-corrected chi connectivity index (χ2v) is 7.79. The number of halogens is 1. The first kappa shape index (κ1) is 17.4. The van der Waals surface area contributed by atoms with Crippen LogP contribution in [-0.4, -0.2) is 32.9 Å². The van der Waals surface area contributed by atoms with Crippen LogP contribution in [0.3, 0.4) is 0 Å². The van der Waals surface area contributed by atoms with Crippen LogP contribution >= 0.6 is 0 Å². The summed E-state index contributed by atoms with van der Waals surface area (Å²) in [6.07, 6.45) is 6.53. The largest absolute Gasteiger partial charge is 0.385 e. The molecule has 1 saturated carbocycles. The van der Waals surface area contributed by atoms with Gasteiger partial charge in [0, 0.05) is 43.5 Å². The fraction of sp³-hybridized carbons (Fsp3) is 0.476. The number of nitrogens with zero attached hydrogens (tertiary/aromatic N) is 3. The topological polar surface area (TPSA) is 41.3 Å². The second kappa shape index (κ2) is 6.63. The molecule has 1 aliphatic heterocycles. The Morgan fingerprint density at radius 2 is 2.27 bits per heavy atom. The molecule has 2 fully saturated rings. The predicted octanol–water partition coefficient (Wildman–Crippen LogP) is 3.55. The maximum atomic E-state index is 13.7. The van der Waals surface area contributed by atoms with Crippen LogP contribution in [0.15, 0.2) is 37.0 Å². The minimum Gasteiger partial charge on any atom is -0.385 e. The van der Waals surface area contributed by atoms with Crippen molar-refractivity contribution < 1.29 is 9.50 Å². The Bertz CT molecular complexity index is 817. The number of rotatable bonds is 4. The maximum Gasteiger partial charge on any atom is 0.123 e. The zero-order chi connectivity index (χ0) is 18.3. The lowest BCUT2D eigenvalue weighted by molar-refractivity contribution is -0.0650. The van der Waals surface area contributed by atoms with Gasteiger partial charge in [-0.15, -0.1) is 0 Å². The molecule has 3 unspecified atom stereocenters. The van der Waals surface area contributed by atoms with Crippen LogP contribution in [-0.2, 0) is 12.1 Å². The molecule has 138 valence electrons. The van der Waals surface area contributed by atoms with Crippen LogP contribution in [0.1, 0.15) is 36.1 Å². The van der Waals surface area contributed by atoms with Crippen LogP contribution in [0, 0.1) is 24.6 Å². The number of likely N-dealkylation sites (tertiary alicyclic amines) is 1. The number of aromatic nitrogens is 2. The quantitative estimate of drug-likeness (QED) is 0.912. The molecule has 2 aromatic rings. The number of aryl methyl sites for hydroxylation is 1. The number of hydrogen-bond donors (Lipinski definition) is 1. The van der Waals surface area contributed by atoms with Gasteiger partial charge in [0.25, 0.3) is 0 Å². The molecule has 1 N–H and O–H groups in total. The standard InChI is InChI=1S/C21H26FN3O/c1-3-25-13-17(15(2)23-25)12-24-11-16-6-5-9-21(26,20(16)14-24)18-7-4-8-19(22)10-18/h3-4,7-8,10,13,16,20,26H,1,5-6,9,11-12,14H2,2H3. The fourth-order valence-electron chi connectivity index (χ4n) is 4.87. The third-order valence-corrected chi connectivity index (χ3v) is 6.19. The normalized spacial score (nSPS) is 28.9. The molecule has 0 bridgehead atoms. The van der Waals surface area contributed by atoms with E-state index in [0.29, 0.717) is 12.3 Å². The van der Waals surface area contributed by atoms with Gasteiger partial charge in [-0.05, 0) is 49.8 Å². The number of benzene rings is 1. The average molecular weight is 355 g/mol. The second-order valence-electron chi connectivity index (χ2n) is 7.79. The Morgan fingerprint density at radius 1 is 1.42 bits per heavy atom. The van der Waals surface area contributed by atoms with E-state index in [1.807, 2.05) is 19.2 Å². The van der Waals surface area contributed by atoms with Crippen molar-refractivity contribution in [1.29, 1.82) is 0 Å². The van der Waals surface area contributed by atoms with E-state index in [0.717, 1.165) is 43.7 Å². The highest BCUT2D eigenvalue weighted by molar-refractivity contribution is 5.27. The maximum absolute atomic E-state index is 13.7. The average Bonchev–Trinajstić information content (AvgIpc) is 3.19. The minimum absolute atomic E-state index is 0.146. The van der Waals surface area contributed by atoms with E-state index in [1.54, 1.807) is 16.9 Å². The van der Waals surface area contributed by atoms with Gasteiger partial charge in [-0.25, -0.2) is 9.07 Å². The number of hydrogen-bond acceptors (Lipinski definition) is 3. The van der Waals surface area contributed by atoms with E-state index in [1.165, 1.54) is 17.7 Å². The van der Waals surface area contributed by atoms with Gasteiger partial charge in [0.05, 0.1) is 11.3 Å². The molecule has 4 rings (SSSR count). The van der Waals surface area contributed by atoms with Crippen molar-refractivity contribution in [3.8, 4) is 0 Å². The monoisotopic (exact) mass is 355 g/mol. The Hall–Kier alpha value is -1.98. The first-order valence-electron chi connectivity index (χ1n) is 9.37. The summed E-state index contributed by atoms with van der Waals surface area (Å²) in [5.74, 6) is 0.319. The van der Waals surface area contributed by atoms with Crippen molar-refractivity contribution in [2.45, 2.75) is 38.3 Å². The van der Waals surface area contributed by atoms with Crippen molar-refractivity contribution in [2.24, 2.45) is 11.8 Å². The summed E-state index contributed by atoms with van der Waals surface area (Å²) in [6.45, 7) is 8.40. The molecule has 5 heteroatoms. The zero-order valence-electron chi connectivity index (χ0n) is 15.2. The summed E-state index contributed by atoms with van der Waals surface area (Å²) in [5, 5.41) is 15.9. The number of aliphatic hydroxyl groups is 1. The van der Waals surface area contributed by atoms with E-state index >= 15 is 0 Å². The van der Waals surface area contributed by atoms with E-state index < -0.39 is 5.60 Å². The van der Waals surface area contributed by atoms with Gasteiger partial charge >= 0.3 is 0 Å². The van der Waals surface area contributed by atoms with Crippen LogP contribution < -0.4 is 0 Å². The molecular weight excluding hydrogens is 329 g/mol.